The van der Waals surface area contributed by atoms with Crippen molar-refractivity contribution in [2.24, 2.45) is 5.73 Å². The second-order valence-corrected chi connectivity index (χ2v) is 3.77. The highest BCUT2D eigenvalue weighted by Crippen LogP contribution is 2.08. The van der Waals surface area contributed by atoms with Crippen LogP contribution in [0.5, 0.6) is 0 Å². The van der Waals surface area contributed by atoms with Crippen molar-refractivity contribution in [3.8, 4) is 0 Å². The van der Waals surface area contributed by atoms with Crippen molar-refractivity contribution in [3.63, 3.8) is 0 Å². The Balaban J connectivity index is 2.44. The molecule has 6 nitrogen and oxygen atoms in total. The van der Waals surface area contributed by atoms with Crippen molar-refractivity contribution in [2.45, 2.75) is 13.8 Å². The summed E-state index contributed by atoms with van der Waals surface area (Å²) in [7, 11) is 0. The second kappa shape index (κ2) is 5.83. The van der Waals surface area contributed by atoms with Gasteiger partial charge in [0.05, 0.1) is 13.1 Å². The van der Waals surface area contributed by atoms with Gasteiger partial charge in [-0.25, -0.2) is 4.98 Å². The molecule has 0 bridgehead atoms. The van der Waals surface area contributed by atoms with Crippen molar-refractivity contribution in [1.82, 2.24) is 10.3 Å². The average molecular weight is 236 g/mol. The van der Waals surface area contributed by atoms with Crippen LogP contribution in [-0.4, -0.2) is 29.9 Å². The number of nitrogens with zero attached hydrogens (tertiary/aromatic N) is 1. The summed E-state index contributed by atoms with van der Waals surface area (Å²) in [5.74, 6) is -0.232. The van der Waals surface area contributed by atoms with Crippen LogP contribution in [0.3, 0.4) is 0 Å². The summed E-state index contributed by atoms with van der Waals surface area (Å²) < 4.78 is 0. The summed E-state index contributed by atoms with van der Waals surface area (Å²) >= 11 is 0. The Morgan fingerprint density at radius 3 is 2.59 bits per heavy atom. The van der Waals surface area contributed by atoms with Gasteiger partial charge in [-0.3, -0.25) is 9.59 Å². The summed E-state index contributed by atoms with van der Waals surface area (Å²) in [6.45, 7) is 3.74. The number of primary amides is 1. The topological polar surface area (TPSA) is 97.1 Å². The molecule has 0 saturated heterocycles. The Kier molecular flexibility index (Phi) is 4.45. The minimum Gasteiger partial charge on any atom is -0.368 e. The van der Waals surface area contributed by atoms with Gasteiger partial charge in [-0.05, 0) is 31.5 Å². The number of anilines is 1. The lowest BCUT2D eigenvalue weighted by Gasteiger charge is -2.07. The Morgan fingerprint density at radius 2 is 2.00 bits per heavy atom. The number of hydrogen-bond donors (Lipinski definition) is 3. The number of nitrogens with two attached hydrogens (primary N) is 1. The van der Waals surface area contributed by atoms with E-state index >= 15 is 0 Å². The molecule has 0 aliphatic heterocycles. The van der Waals surface area contributed by atoms with Crippen molar-refractivity contribution in [1.29, 1.82) is 0 Å². The fraction of sp³-hybridized carbons (Fsp3) is 0.364. The lowest BCUT2D eigenvalue weighted by atomic mass is 10.2. The lowest BCUT2D eigenvalue weighted by Crippen LogP contribution is -2.36. The zero-order valence-corrected chi connectivity index (χ0v) is 9.91. The minimum absolute atomic E-state index is 0.0587. The highest BCUT2D eigenvalue weighted by molar-refractivity contribution is 5.85. The Labute approximate surface area is 99.6 Å². The number of hydrogen-bond acceptors (Lipinski definition) is 4. The zero-order chi connectivity index (χ0) is 12.8. The molecule has 0 radical (unpaired) electrons. The van der Waals surface area contributed by atoms with Gasteiger partial charge < -0.3 is 16.4 Å². The molecule has 6 heteroatoms. The third-order valence-corrected chi connectivity index (χ3v) is 1.99. The molecule has 0 fully saturated rings. The smallest absolute Gasteiger partial charge is 0.239 e. The molecule has 1 rings (SSSR count). The predicted octanol–water partition coefficient (Wildman–Crippen LogP) is -0.288. The molecule has 1 heterocycles. The molecule has 0 unspecified atom stereocenters. The number of nitrogens with one attached hydrogen (secondary N) is 2. The Morgan fingerprint density at radius 1 is 1.29 bits per heavy atom. The van der Waals surface area contributed by atoms with E-state index in [1.165, 1.54) is 0 Å². The van der Waals surface area contributed by atoms with Crippen LogP contribution in [0.15, 0.2) is 12.1 Å². The summed E-state index contributed by atoms with van der Waals surface area (Å²) in [4.78, 5) is 25.9. The minimum atomic E-state index is -0.567. The van der Waals surface area contributed by atoms with E-state index in [9.17, 15) is 9.59 Å². The maximum Gasteiger partial charge on any atom is 0.239 e. The van der Waals surface area contributed by atoms with Gasteiger partial charge in [0.25, 0.3) is 0 Å². The number of amides is 2. The lowest BCUT2D eigenvalue weighted by molar-refractivity contribution is -0.123. The molecule has 1 aromatic heterocycles. The molecule has 4 N–H and O–H groups in total. The molecule has 1 aromatic rings. The normalized spacial score (nSPS) is 9.76. The molecule has 0 atom stereocenters. The van der Waals surface area contributed by atoms with Gasteiger partial charge in [0.15, 0.2) is 0 Å². The number of aromatic nitrogens is 1. The number of aryl methyl sites for hydroxylation is 2. The molecule has 0 aromatic carbocycles. The van der Waals surface area contributed by atoms with Crippen molar-refractivity contribution < 1.29 is 9.59 Å². The number of rotatable bonds is 5. The zero-order valence-electron chi connectivity index (χ0n) is 9.91. The van der Waals surface area contributed by atoms with Crippen LogP contribution < -0.4 is 16.4 Å². The summed E-state index contributed by atoms with van der Waals surface area (Å²) in [6, 6.07) is 3.78. The van der Waals surface area contributed by atoms with Gasteiger partial charge in [0.1, 0.15) is 5.82 Å². The first-order chi connectivity index (χ1) is 7.97. The summed E-state index contributed by atoms with van der Waals surface area (Å²) in [5, 5.41) is 5.25. The quantitative estimate of drug-likeness (QED) is 0.654. The summed E-state index contributed by atoms with van der Waals surface area (Å²) in [6.07, 6.45) is 0. The van der Waals surface area contributed by atoms with Crippen molar-refractivity contribution in [3.05, 3.63) is 23.4 Å². The van der Waals surface area contributed by atoms with Gasteiger partial charge in [-0.2, -0.15) is 0 Å². The monoisotopic (exact) mass is 236 g/mol. The Hall–Kier alpha value is -2.11. The van der Waals surface area contributed by atoms with Crippen LogP contribution in [0.4, 0.5) is 5.82 Å². The van der Waals surface area contributed by atoms with E-state index in [4.69, 9.17) is 5.73 Å². The van der Waals surface area contributed by atoms with Crippen LogP contribution in [0.25, 0.3) is 0 Å². The van der Waals surface area contributed by atoms with Crippen molar-refractivity contribution in [2.75, 3.05) is 18.4 Å². The Bertz CT molecular complexity index is 411. The van der Waals surface area contributed by atoms with E-state index in [-0.39, 0.29) is 19.0 Å². The highest BCUT2D eigenvalue weighted by Gasteiger charge is 2.03. The third-order valence-electron chi connectivity index (χ3n) is 1.99. The van der Waals surface area contributed by atoms with E-state index in [1.807, 2.05) is 26.0 Å². The number of carbonyl (C=O) groups is 2. The van der Waals surface area contributed by atoms with Gasteiger partial charge >= 0.3 is 0 Å². The van der Waals surface area contributed by atoms with Gasteiger partial charge in [0.2, 0.25) is 11.8 Å². The third kappa shape index (κ3) is 4.96. The van der Waals surface area contributed by atoms with Gasteiger partial charge in [-0.1, -0.05) is 0 Å². The van der Waals surface area contributed by atoms with Crippen molar-refractivity contribution >= 4 is 17.6 Å². The molecular formula is C11H16N4O2. The van der Waals surface area contributed by atoms with E-state index < -0.39 is 5.91 Å². The predicted molar refractivity (Wildman–Crippen MR) is 64.4 cm³/mol. The number of pyridine rings is 1. The van der Waals surface area contributed by atoms with E-state index in [2.05, 4.69) is 15.6 Å². The van der Waals surface area contributed by atoms with Crippen LogP contribution in [0.1, 0.15) is 11.3 Å². The largest absolute Gasteiger partial charge is 0.368 e. The molecule has 0 aliphatic carbocycles. The van der Waals surface area contributed by atoms with Crippen LogP contribution in [0.2, 0.25) is 0 Å². The number of carbonyl (C=O) groups excluding carboxylic acids is 2. The molecular weight excluding hydrogens is 220 g/mol. The van der Waals surface area contributed by atoms with Crippen LogP contribution >= 0.6 is 0 Å². The first kappa shape index (κ1) is 13.0. The molecule has 0 aliphatic rings. The molecule has 0 saturated carbocycles. The molecule has 2 amide bonds. The standard InChI is InChI=1S/C11H16N4O2/c1-7-3-8(2)15-10(4-7)13-6-11(17)14-5-9(12)16/h3-4H,5-6H2,1-2H3,(H2,12,16)(H,13,15)(H,14,17). The highest BCUT2D eigenvalue weighted by atomic mass is 16.2. The fourth-order valence-corrected chi connectivity index (χ4v) is 1.35. The van der Waals surface area contributed by atoms with Gasteiger partial charge in [-0.15, -0.1) is 0 Å². The first-order valence-electron chi connectivity index (χ1n) is 5.21. The first-order valence-corrected chi connectivity index (χ1v) is 5.21. The SMILES string of the molecule is Cc1cc(C)nc(NCC(=O)NCC(N)=O)c1. The molecule has 0 spiro atoms. The maximum absolute atomic E-state index is 11.3. The molecule has 92 valence electrons. The summed E-state index contributed by atoms with van der Waals surface area (Å²) in [5.41, 5.74) is 6.85. The van der Waals surface area contributed by atoms with Gasteiger partial charge in [0, 0.05) is 5.69 Å². The van der Waals surface area contributed by atoms with E-state index in [1.54, 1.807) is 0 Å². The van der Waals surface area contributed by atoms with E-state index in [0.717, 1.165) is 11.3 Å². The second-order valence-electron chi connectivity index (χ2n) is 3.77. The van der Waals surface area contributed by atoms with Crippen LogP contribution in [0, 0.1) is 13.8 Å². The molecule has 17 heavy (non-hydrogen) atoms. The van der Waals surface area contributed by atoms with E-state index in [0.29, 0.717) is 5.82 Å². The van der Waals surface area contributed by atoms with Crippen LogP contribution in [-0.2, 0) is 9.59 Å². The fourth-order valence-electron chi connectivity index (χ4n) is 1.35. The average Bonchev–Trinajstić information content (AvgIpc) is 2.22. The maximum atomic E-state index is 11.3.